The van der Waals surface area contributed by atoms with E-state index < -0.39 is 0 Å². The van der Waals surface area contributed by atoms with Gasteiger partial charge in [0.2, 0.25) is 0 Å². The molecule has 1 aromatic rings. The summed E-state index contributed by atoms with van der Waals surface area (Å²) in [5, 5.41) is 17.3. The molecule has 1 aromatic carbocycles. The lowest BCUT2D eigenvalue weighted by Crippen LogP contribution is -2.11. The Kier molecular flexibility index (Phi) is 5.41. The highest BCUT2D eigenvalue weighted by Crippen LogP contribution is 2.34. The highest BCUT2D eigenvalue weighted by atomic mass is 31.0. The van der Waals surface area contributed by atoms with Crippen molar-refractivity contribution in [1.82, 2.24) is 0 Å². The molecule has 16 heavy (non-hydrogen) atoms. The summed E-state index contributed by atoms with van der Waals surface area (Å²) in [5.41, 5.74) is 1.09. The normalized spacial score (nSPS) is 15.7. The highest BCUT2D eigenvalue weighted by molar-refractivity contribution is 7.19. The molecule has 0 bridgehead atoms. The van der Waals surface area contributed by atoms with Gasteiger partial charge in [-0.1, -0.05) is 54.6 Å². The van der Waals surface area contributed by atoms with Crippen LogP contribution in [0, 0.1) is 0 Å². The maximum Gasteiger partial charge on any atom is 0.0612 e. The van der Waals surface area contributed by atoms with E-state index in [9.17, 15) is 0 Å². The van der Waals surface area contributed by atoms with Crippen LogP contribution in [0.1, 0.15) is 5.56 Å². The number of aliphatic hydroxyl groups excluding tert-OH is 2. The van der Waals surface area contributed by atoms with Crippen molar-refractivity contribution >= 4 is 9.24 Å². The molecule has 1 rings (SSSR count). The molecule has 0 saturated heterocycles. The van der Waals surface area contributed by atoms with Crippen LogP contribution in [-0.4, -0.2) is 23.4 Å². The van der Waals surface area contributed by atoms with Crippen LogP contribution >= 0.6 is 9.24 Å². The van der Waals surface area contributed by atoms with Gasteiger partial charge in [0.05, 0.1) is 13.2 Å². The van der Waals surface area contributed by atoms with Crippen LogP contribution in [0.3, 0.4) is 0 Å². The van der Waals surface area contributed by atoms with Gasteiger partial charge < -0.3 is 10.2 Å². The molecule has 0 aliphatic carbocycles. The van der Waals surface area contributed by atoms with Crippen molar-refractivity contribution in [3.8, 4) is 0 Å². The van der Waals surface area contributed by atoms with E-state index >= 15 is 0 Å². The number of benzene rings is 1. The van der Waals surface area contributed by atoms with E-state index in [4.69, 9.17) is 10.2 Å². The van der Waals surface area contributed by atoms with Gasteiger partial charge in [-0.2, -0.15) is 0 Å². The summed E-state index contributed by atoms with van der Waals surface area (Å²) < 4.78 is 0. The molecule has 0 amide bonds. The van der Waals surface area contributed by atoms with Gasteiger partial charge in [0.25, 0.3) is 0 Å². The van der Waals surface area contributed by atoms with Crippen LogP contribution in [0.4, 0.5) is 0 Å². The van der Waals surface area contributed by atoms with Crippen molar-refractivity contribution < 1.29 is 10.2 Å². The van der Waals surface area contributed by atoms with Crippen molar-refractivity contribution in [2.24, 2.45) is 0 Å². The second kappa shape index (κ2) is 6.59. The molecular formula is C13H17O2P. The Morgan fingerprint density at radius 3 is 1.94 bits per heavy atom. The lowest BCUT2D eigenvalue weighted by Gasteiger charge is -2.22. The summed E-state index contributed by atoms with van der Waals surface area (Å²) in [4.78, 5) is 0. The fraction of sp³-hybridized carbons (Fsp3) is 0.231. The van der Waals surface area contributed by atoms with E-state index in [1.54, 1.807) is 12.2 Å². The number of rotatable bonds is 5. The Balaban J connectivity index is 3.04. The van der Waals surface area contributed by atoms with Crippen molar-refractivity contribution in [3.05, 3.63) is 60.2 Å². The summed E-state index contributed by atoms with van der Waals surface area (Å²) in [7, 11) is 2.73. The smallest absolute Gasteiger partial charge is 0.0612 e. The lowest BCUT2D eigenvalue weighted by molar-refractivity contribution is 0.341. The molecule has 0 aliphatic rings. The third-order valence-electron chi connectivity index (χ3n) is 2.27. The summed E-state index contributed by atoms with van der Waals surface area (Å²) in [6.07, 6.45) is 7.20. The number of hydrogen-bond acceptors (Lipinski definition) is 2. The molecule has 0 fully saturated rings. The van der Waals surface area contributed by atoms with Crippen LogP contribution in [0.25, 0.3) is 0 Å². The maximum absolute atomic E-state index is 8.83. The van der Waals surface area contributed by atoms with E-state index in [1.807, 2.05) is 42.5 Å². The van der Waals surface area contributed by atoms with Crippen LogP contribution in [-0.2, 0) is 5.16 Å². The van der Waals surface area contributed by atoms with E-state index in [2.05, 4.69) is 9.24 Å². The average molecular weight is 236 g/mol. The molecule has 0 aromatic heterocycles. The first-order valence-corrected chi connectivity index (χ1v) is 5.72. The summed E-state index contributed by atoms with van der Waals surface area (Å²) in [5.74, 6) is 0. The Morgan fingerprint density at radius 2 is 1.50 bits per heavy atom. The average Bonchev–Trinajstić information content (AvgIpc) is 2.35. The van der Waals surface area contributed by atoms with Gasteiger partial charge in [-0.15, -0.1) is 9.24 Å². The Labute approximate surface area is 98.5 Å². The van der Waals surface area contributed by atoms with Crippen molar-refractivity contribution in [2.45, 2.75) is 5.16 Å². The fourth-order valence-electron chi connectivity index (χ4n) is 1.47. The fourth-order valence-corrected chi connectivity index (χ4v) is 1.93. The van der Waals surface area contributed by atoms with Gasteiger partial charge in [-0.3, -0.25) is 0 Å². The molecule has 2 nitrogen and oxygen atoms in total. The molecular weight excluding hydrogens is 219 g/mol. The first-order valence-electron chi connectivity index (χ1n) is 5.14. The zero-order chi connectivity index (χ0) is 11.9. The predicted molar refractivity (Wildman–Crippen MR) is 70.3 cm³/mol. The second-order valence-electron chi connectivity index (χ2n) is 3.47. The van der Waals surface area contributed by atoms with Gasteiger partial charge in [-0.25, -0.2) is 0 Å². The number of allylic oxidation sites excluding steroid dienone is 2. The standard InChI is InChI=1S/C13H17O2P/c14-10-4-8-13(16,9-5-11-15)12-6-2-1-3-7-12/h1-9,14-15H,10-11,16H2. The monoisotopic (exact) mass is 236 g/mol. The molecule has 0 saturated carbocycles. The zero-order valence-electron chi connectivity index (χ0n) is 9.08. The highest BCUT2D eigenvalue weighted by Gasteiger charge is 2.19. The van der Waals surface area contributed by atoms with Gasteiger partial charge in [0.15, 0.2) is 0 Å². The first-order chi connectivity index (χ1) is 7.73. The van der Waals surface area contributed by atoms with Gasteiger partial charge in [-0.05, 0) is 5.56 Å². The minimum absolute atomic E-state index is 0.00987. The van der Waals surface area contributed by atoms with Crippen LogP contribution in [0.2, 0.25) is 0 Å². The van der Waals surface area contributed by atoms with E-state index in [0.29, 0.717) is 0 Å². The third kappa shape index (κ3) is 3.57. The van der Waals surface area contributed by atoms with Crippen LogP contribution in [0.15, 0.2) is 54.6 Å². The first kappa shape index (κ1) is 13.1. The van der Waals surface area contributed by atoms with Crippen molar-refractivity contribution in [1.29, 1.82) is 0 Å². The second-order valence-corrected chi connectivity index (χ2v) is 4.42. The van der Waals surface area contributed by atoms with E-state index in [0.717, 1.165) is 5.56 Å². The molecule has 2 N–H and O–H groups in total. The molecule has 1 unspecified atom stereocenters. The Bertz CT molecular complexity index is 343. The van der Waals surface area contributed by atoms with Crippen LogP contribution < -0.4 is 0 Å². The SMILES string of the molecule is OCC=CC(P)(C=CCO)c1ccccc1. The summed E-state index contributed by atoms with van der Waals surface area (Å²) >= 11 is 0. The van der Waals surface area contributed by atoms with E-state index in [1.165, 1.54) is 0 Å². The Morgan fingerprint density at radius 1 is 1.00 bits per heavy atom. The molecule has 0 heterocycles. The molecule has 3 heteroatoms. The third-order valence-corrected chi connectivity index (χ3v) is 2.99. The summed E-state index contributed by atoms with van der Waals surface area (Å²) in [6, 6.07) is 9.91. The minimum Gasteiger partial charge on any atom is -0.392 e. The molecule has 1 atom stereocenters. The largest absolute Gasteiger partial charge is 0.392 e. The van der Waals surface area contributed by atoms with Gasteiger partial charge in [0.1, 0.15) is 0 Å². The molecule has 0 radical (unpaired) electrons. The molecule has 0 spiro atoms. The predicted octanol–water partition coefficient (Wildman–Crippen LogP) is 1.85. The number of aliphatic hydroxyl groups is 2. The van der Waals surface area contributed by atoms with Gasteiger partial charge in [0, 0.05) is 5.16 Å². The minimum atomic E-state index is -0.368. The lowest BCUT2D eigenvalue weighted by atomic mass is 9.97. The zero-order valence-corrected chi connectivity index (χ0v) is 10.2. The quantitative estimate of drug-likeness (QED) is 0.605. The topological polar surface area (TPSA) is 40.5 Å². The van der Waals surface area contributed by atoms with Crippen molar-refractivity contribution in [3.63, 3.8) is 0 Å². The molecule has 0 aliphatic heterocycles. The molecule has 86 valence electrons. The number of hydrogen-bond donors (Lipinski definition) is 2. The maximum atomic E-state index is 8.83. The Hall–Kier alpha value is -0.950. The van der Waals surface area contributed by atoms with E-state index in [-0.39, 0.29) is 18.4 Å². The van der Waals surface area contributed by atoms with Crippen molar-refractivity contribution in [2.75, 3.05) is 13.2 Å². The summed E-state index contributed by atoms with van der Waals surface area (Å²) in [6.45, 7) is 0.0197. The van der Waals surface area contributed by atoms with Crippen LogP contribution in [0.5, 0.6) is 0 Å². The van der Waals surface area contributed by atoms with Gasteiger partial charge >= 0.3 is 0 Å².